The van der Waals surface area contributed by atoms with Crippen LogP contribution in [-0.2, 0) is 10.1 Å². The van der Waals surface area contributed by atoms with E-state index in [2.05, 4.69) is 15.9 Å². The molecular weight excluding hydrogens is 285 g/mol. The topological polar surface area (TPSA) is 12.5 Å². The summed E-state index contributed by atoms with van der Waals surface area (Å²) < 4.78 is 19.4. The number of hydrogen-bond acceptors (Lipinski definition) is 2. The number of rotatable bonds is 4. The van der Waals surface area contributed by atoms with Gasteiger partial charge in [-0.1, -0.05) is 28.1 Å². The average molecular weight is 302 g/mol. The molecule has 1 aliphatic rings. The molecule has 1 aromatic carbocycles. The fourth-order valence-electron chi connectivity index (χ4n) is 2.28. The monoisotopic (exact) mass is 301 g/mol. The van der Waals surface area contributed by atoms with Crippen molar-refractivity contribution in [1.82, 2.24) is 0 Å². The molecule has 1 heterocycles. The highest BCUT2D eigenvalue weighted by Gasteiger charge is 2.20. The van der Waals surface area contributed by atoms with Crippen molar-refractivity contribution in [2.75, 3.05) is 25.1 Å². The van der Waals surface area contributed by atoms with E-state index in [1.54, 1.807) is 6.07 Å². The molecule has 17 heavy (non-hydrogen) atoms. The summed E-state index contributed by atoms with van der Waals surface area (Å²) in [4.78, 5) is 1.96. The van der Waals surface area contributed by atoms with Crippen molar-refractivity contribution < 1.29 is 9.13 Å². The Kier molecular flexibility index (Phi) is 4.40. The molecule has 0 radical (unpaired) electrons. The summed E-state index contributed by atoms with van der Waals surface area (Å²) in [5.74, 6) is -0.164. The zero-order chi connectivity index (χ0) is 12.3. The fourth-order valence-corrected chi connectivity index (χ4v) is 2.73. The lowest BCUT2D eigenvalue weighted by atomic mass is 10.1. The van der Waals surface area contributed by atoms with E-state index < -0.39 is 0 Å². The Morgan fingerprint density at radius 2 is 2.35 bits per heavy atom. The Morgan fingerprint density at radius 3 is 3.00 bits per heavy atom. The minimum Gasteiger partial charge on any atom is -0.376 e. The van der Waals surface area contributed by atoms with Crippen LogP contribution in [0, 0.1) is 5.82 Å². The molecule has 0 saturated carbocycles. The van der Waals surface area contributed by atoms with Crippen LogP contribution >= 0.6 is 15.9 Å². The van der Waals surface area contributed by atoms with Crippen LogP contribution in [-0.4, -0.2) is 26.3 Å². The van der Waals surface area contributed by atoms with Crippen molar-refractivity contribution in [2.24, 2.45) is 0 Å². The molecule has 1 saturated heterocycles. The number of para-hydroxylation sites is 1. The lowest BCUT2D eigenvalue weighted by molar-refractivity contribution is 0.116. The van der Waals surface area contributed by atoms with Crippen molar-refractivity contribution in [3.63, 3.8) is 0 Å². The first-order valence-corrected chi connectivity index (χ1v) is 7.00. The third kappa shape index (κ3) is 2.99. The second kappa shape index (κ2) is 5.83. The van der Waals surface area contributed by atoms with Gasteiger partial charge in [-0.3, -0.25) is 0 Å². The molecule has 0 aromatic heterocycles. The van der Waals surface area contributed by atoms with Gasteiger partial charge in [-0.15, -0.1) is 0 Å². The molecular formula is C13H17BrFNO. The maximum Gasteiger partial charge on any atom is 0.146 e. The normalized spacial score (nSPS) is 19.6. The number of anilines is 1. The number of ether oxygens (including phenoxy) is 1. The zero-order valence-electron chi connectivity index (χ0n) is 9.96. The SMILES string of the molecule is CN(CC1CCCO1)c1c(F)cccc1CBr. The molecule has 1 atom stereocenters. The number of benzene rings is 1. The van der Waals surface area contributed by atoms with E-state index in [-0.39, 0.29) is 11.9 Å². The van der Waals surface area contributed by atoms with E-state index in [0.29, 0.717) is 11.0 Å². The quantitative estimate of drug-likeness (QED) is 0.791. The van der Waals surface area contributed by atoms with Gasteiger partial charge in [0.25, 0.3) is 0 Å². The van der Waals surface area contributed by atoms with Gasteiger partial charge in [-0.05, 0) is 24.5 Å². The van der Waals surface area contributed by atoms with E-state index in [1.165, 1.54) is 6.07 Å². The van der Waals surface area contributed by atoms with Gasteiger partial charge in [0.1, 0.15) is 5.82 Å². The van der Waals surface area contributed by atoms with Gasteiger partial charge in [-0.25, -0.2) is 4.39 Å². The van der Waals surface area contributed by atoms with Gasteiger partial charge in [0.15, 0.2) is 0 Å². The lowest BCUT2D eigenvalue weighted by Gasteiger charge is -2.25. The molecule has 4 heteroatoms. The molecule has 0 amide bonds. The number of halogens is 2. The largest absolute Gasteiger partial charge is 0.376 e. The van der Waals surface area contributed by atoms with Crippen LogP contribution in [0.4, 0.5) is 10.1 Å². The minimum atomic E-state index is -0.164. The van der Waals surface area contributed by atoms with Gasteiger partial charge in [0.05, 0.1) is 11.8 Å². The fraction of sp³-hybridized carbons (Fsp3) is 0.538. The summed E-state index contributed by atoms with van der Waals surface area (Å²) in [6.07, 6.45) is 2.42. The Hall–Kier alpha value is -0.610. The first kappa shape index (κ1) is 12.8. The van der Waals surface area contributed by atoms with Gasteiger partial charge < -0.3 is 9.64 Å². The van der Waals surface area contributed by atoms with Crippen molar-refractivity contribution in [3.8, 4) is 0 Å². The van der Waals surface area contributed by atoms with Crippen LogP contribution in [0.5, 0.6) is 0 Å². The van der Waals surface area contributed by atoms with Gasteiger partial charge in [0.2, 0.25) is 0 Å². The predicted octanol–water partition coefficient (Wildman–Crippen LogP) is 3.34. The van der Waals surface area contributed by atoms with E-state index >= 15 is 0 Å². The van der Waals surface area contributed by atoms with Crippen LogP contribution < -0.4 is 4.90 Å². The second-order valence-corrected chi connectivity index (χ2v) is 4.96. The maximum atomic E-state index is 13.9. The average Bonchev–Trinajstić information content (AvgIpc) is 2.81. The molecule has 0 spiro atoms. The first-order chi connectivity index (χ1) is 8.22. The Labute approximate surface area is 110 Å². The maximum absolute atomic E-state index is 13.9. The van der Waals surface area contributed by atoms with Crippen molar-refractivity contribution in [2.45, 2.75) is 24.3 Å². The summed E-state index contributed by atoms with van der Waals surface area (Å²) in [5.41, 5.74) is 1.66. The molecule has 1 fully saturated rings. The standard InChI is InChI=1S/C13H17BrFNO/c1-16(9-11-5-3-7-17-11)13-10(8-14)4-2-6-12(13)15/h2,4,6,11H,3,5,7-9H2,1H3. The van der Waals surface area contributed by atoms with Crippen molar-refractivity contribution >= 4 is 21.6 Å². The molecule has 1 aliphatic heterocycles. The Balaban J connectivity index is 2.14. The summed E-state index contributed by atoms with van der Waals surface area (Å²) in [6, 6.07) is 5.20. The third-order valence-electron chi connectivity index (χ3n) is 3.10. The van der Waals surface area contributed by atoms with E-state index in [4.69, 9.17) is 4.74 Å². The Morgan fingerprint density at radius 1 is 1.53 bits per heavy atom. The van der Waals surface area contributed by atoms with E-state index in [0.717, 1.165) is 31.6 Å². The van der Waals surface area contributed by atoms with Gasteiger partial charge >= 0.3 is 0 Å². The zero-order valence-corrected chi connectivity index (χ0v) is 11.5. The lowest BCUT2D eigenvalue weighted by Crippen LogP contribution is -2.29. The summed E-state index contributed by atoms with van der Waals surface area (Å²) in [7, 11) is 1.92. The summed E-state index contributed by atoms with van der Waals surface area (Å²) >= 11 is 3.40. The molecule has 1 aromatic rings. The first-order valence-electron chi connectivity index (χ1n) is 5.88. The van der Waals surface area contributed by atoms with Crippen LogP contribution in [0.25, 0.3) is 0 Å². The molecule has 2 nitrogen and oxygen atoms in total. The minimum absolute atomic E-state index is 0.164. The van der Waals surface area contributed by atoms with E-state index in [1.807, 2.05) is 18.0 Å². The van der Waals surface area contributed by atoms with Crippen LogP contribution in [0.3, 0.4) is 0 Å². The van der Waals surface area contributed by atoms with Crippen LogP contribution in [0.15, 0.2) is 18.2 Å². The molecule has 0 bridgehead atoms. The van der Waals surface area contributed by atoms with Gasteiger partial charge in [-0.2, -0.15) is 0 Å². The second-order valence-electron chi connectivity index (χ2n) is 4.40. The van der Waals surface area contributed by atoms with Crippen molar-refractivity contribution in [1.29, 1.82) is 0 Å². The highest BCUT2D eigenvalue weighted by molar-refractivity contribution is 9.08. The molecule has 94 valence electrons. The highest BCUT2D eigenvalue weighted by Crippen LogP contribution is 2.26. The molecule has 0 aliphatic carbocycles. The summed E-state index contributed by atoms with van der Waals surface area (Å²) in [6.45, 7) is 1.59. The van der Waals surface area contributed by atoms with E-state index in [9.17, 15) is 4.39 Å². The number of likely N-dealkylation sites (N-methyl/N-ethyl adjacent to an activating group) is 1. The smallest absolute Gasteiger partial charge is 0.146 e. The predicted molar refractivity (Wildman–Crippen MR) is 71.3 cm³/mol. The highest BCUT2D eigenvalue weighted by atomic mass is 79.9. The number of alkyl halides is 1. The molecule has 2 rings (SSSR count). The van der Waals surface area contributed by atoms with Crippen molar-refractivity contribution in [3.05, 3.63) is 29.6 Å². The number of hydrogen-bond donors (Lipinski definition) is 0. The Bertz CT molecular complexity index is 380. The summed E-state index contributed by atoms with van der Waals surface area (Å²) in [5, 5.41) is 0.663. The third-order valence-corrected chi connectivity index (χ3v) is 3.70. The molecule has 0 N–H and O–H groups in total. The van der Waals surface area contributed by atoms with Gasteiger partial charge in [0, 0.05) is 25.5 Å². The van der Waals surface area contributed by atoms with Crippen LogP contribution in [0.1, 0.15) is 18.4 Å². The van der Waals surface area contributed by atoms with Crippen LogP contribution in [0.2, 0.25) is 0 Å². The molecule has 1 unspecified atom stereocenters. The number of nitrogens with zero attached hydrogens (tertiary/aromatic N) is 1.